The molecule has 0 unspecified atom stereocenters. The Hall–Kier alpha value is -4.15. The number of esters is 1. The summed E-state index contributed by atoms with van der Waals surface area (Å²) >= 11 is 9.57. The first-order valence-corrected chi connectivity index (χ1v) is 12.4. The van der Waals surface area contributed by atoms with Gasteiger partial charge in [-0.2, -0.15) is 9.78 Å². The van der Waals surface area contributed by atoms with Gasteiger partial charge < -0.3 is 18.6 Å². The normalized spacial score (nSPS) is 11.4. The molecule has 3 aromatic carbocycles. The predicted octanol–water partition coefficient (Wildman–Crippen LogP) is 5.67. The molecule has 2 heterocycles. The van der Waals surface area contributed by atoms with Gasteiger partial charge in [0.1, 0.15) is 5.58 Å². The Bertz CT molecular complexity index is 1780. The first kappa shape index (κ1) is 25.5. The minimum absolute atomic E-state index is 0.223. The second-order valence-corrected chi connectivity index (χ2v) is 9.30. The van der Waals surface area contributed by atoms with E-state index in [-0.39, 0.29) is 18.0 Å². The molecule has 0 amide bonds. The van der Waals surface area contributed by atoms with E-state index < -0.39 is 5.97 Å². The largest absolute Gasteiger partial charge is 0.493 e. The van der Waals surface area contributed by atoms with Crippen LogP contribution >= 0.6 is 27.5 Å². The van der Waals surface area contributed by atoms with E-state index >= 15 is 0 Å². The molecule has 2 aromatic heterocycles. The number of fused-ring (bicyclic) bond motifs is 2. The number of para-hydroxylation sites is 1. The van der Waals surface area contributed by atoms with E-state index in [1.165, 1.54) is 25.1 Å². The Labute approximate surface area is 229 Å². The lowest BCUT2D eigenvalue weighted by atomic mass is 10.2. The van der Waals surface area contributed by atoms with Crippen LogP contribution in [0.4, 0.5) is 0 Å². The van der Waals surface area contributed by atoms with Crippen LogP contribution in [0.15, 0.2) is 79.4 Å². The molecule has 9 nitrogen and oxygen atoms in total. The van der Waals surface area contributed by atoms with Gasteiger partial charge >= 0.3 is 5.97 Å². The Balaban J connectivity index is 1.61. The summed E-state index contributed by atoms with van der Waals surface area (Å²) in [5, 5.41) is 6.19. The topological polar surface area (TPSA) is 105 Å². The van der Waals surface area contributed by atoms with Crippen molar-refractivity contribution in [1.29, 1.82) is 0 Å². The molecule has 0 atom stereocenters. The molecule has 0 spiro atoms. The molecule has 0 radical (unpaired) electrons. The fourth-order valence-corrected chi connectivity index (χ4v) is 4.54. The number of hydrogen-bond acceptors (Lipinski definition) is 8. The van der Waals surface area contributed by atoms with Gasteiger partial charge in [-0.25, -0.2) is 9.78 Å². The van der Waals surface area contributed by atoms with Gasteiger partial charge in [-0.05, 0) is 70.0 Å². The maximum atomic E-state index is 13.5. The fraction of sp³-hybridized carbons (Fsp3) is 0.111. The van der Waals surface area contributed by atoms with Gasteiger partial charge in [0.15, 0.2) is 23.9 Å². The van der Waals surface area contributed by atoms with Crippen molar-refractivity contribution in [2.45, 2.75) is 0 Å². The molecular weight excluding hydrogens is 578 g/mol. The molecule has 192 valence electrons. The molecule has 0 aliphatic rings. The van der Waals surface area contributed by atoms with Gasteiger partial charge in [-0.1, -0.05) is 23.7 Å². The van der Waals surface area contributed by atoms with E-state index in [9.17, 15) is 9.59 Å². The van der Waals surface area contributed by atoms with Crippen LogP contribution in [-0.2, 0) is 9.53 Å². The Morgan fingerprint density at radius 1 is 1.16 bits per heavy atom. The van der Waals surface area contributed by atoms with E-state index in [4.69, 9.17) is 25.5 Å². The summed E-state index contributed by atoms with van der Waals surface area (Å²) in [5.74, 6) is 0.714. The molecule has 5 rings (SSSR count). The van der Waals surface area contributed by atoms with Crippen LogP contribution in [0.2, 0.25) is 5.02 Å². The Morgan fingerprint density at radius 2 is 1.97 bits per heavy atom. The Morgan fingerprint density at radius 3 is 2.76 bits per heavy atom. The fourth-order valence-electron chi connectivity index (χ4n) is 3.78. The highest BCUT2D eigenvalue weighted by molar-refractivity contribution is 9.10. The number of rotatable bonds is 7. The quantitative estimate of drug-likeness (QED) is 0.176. The number of benzene rings is 3. The number of methoxy groups -OCH3 is 2. The molecule has 0 aliphatic carbocycles. The van der Waals surface area contributed by atoms with Crippen LogP contribution in [0.5, 0.6) is 11.5 Å². The Kier molecular flexibility index (Phi) is 7.17. The number of carbonyl (C=O) groups is 1. The molecule has 0 saturated carbocycles. The van der Waals surface area contributed by atoms with Crippen molar-refractivity contribution in [3.63, 3.8) is 0 Å². The highest BCUT2D eigenvalue weighted by atomic mass is 79.9. The van der Waals surface area contributed by atoms with Crippen LogP contribution in [0.1, 0.15) is 5.56 Å². The number of halogens is 2. The number of ether oxygens (including phenoxy) is 3. The lowest BCUT2D eigenvalue weighted by Gasteiger charge is -2.12. The van der Waals surface area contributed by atoms with Crippen LogP contribution in [-0.4, -0.2) is 42.7 Å². The summed E-state index contributed by atoms with van der Waals surface area (Å²) in [6.45, 7) is -0.289. The maximum absolute atomic E-state index is 13.5. The van der Waals surface area contributed by atoms with E-state index in [0.717, 1.165) is 5.39 Å². The van der Waals surface area contributed by atoms with Crippen LogP contribution in [0, 0.1) is 0 Å². The van der Waals surface area contributed by atoms with Crippen molar-refractivity contribution in [2.75, 3.05) is 20.8 Å². The molecule has 5 aromatic rings. The molecule has 0 aliphatic heterocycles. The molecule has 0 bridgehead atoms. The maximum Gasteiger partial charge on any atom is 0.343 e. The van der Waals surface area contributed by atoms with E-state index in [2.05, 4.69) is 30.8 Å². The third-order valence-electron chi connectivity index (χ3n) is 5.59. The minimum Gasteiger partial charge on any atom is -0.493 e. The molecular formula is C27H19BrClN3O6. The SMILES string of the molecule is COC(=O)COc1c(Br)cc(C=Nn2c(-c3cc4cc(Cl)ccc4o3)nc3ccccc3c2=O)cc1OC. The minimum atomic E-state index is -0.534. The zero-order valence-electron chi connectivity index (χ0n) is 20.1. The first-order valence-electron chi connectivity index (χ1n) is 11.2. The van der Waals surface area contributed by atoms with E-state index in [1.807, 2.05) is 0 Å². The number of aromatic nitrogens is 2. The third-order valence-corrected chi connectivity index (χ3v) is 6.41. The van der Waals surface area contributed by atoms with Gasteiger partial charge in [-0.3, -0.25) is 4.79 Å². The third kappa shape index (κ3) is 5.00. The standard InChI is InChI=1S/C27H19BrClN3O6/c1-35-22-10-15(9-19(28)25(22)37-14-24(33)36-2)13-30-32-26(31-20-6-4-3-5-18(20)27(32)34)23-12-16-11-17(29)7-8-21(16)38-23/h3-13H,14H2,1-2H3. The molecule has 38 heavy (non-hydrogen) atoms. The van der Waals surface area contributed by atoms with E-state index in [0.29, 0.717) is 48.8 Å². The predicted molar refractivity (Wildman–Crippen MR) is 147 cm³/mol. The molecule has 11 heteroatoms. The summed E-state index contributed by atoms with van der Waals surface area (Å²) in [4.78, 5) is 29.7. The summed E-state index contributed by atoms with van der Waals surface area (Å²) in [5.41, 5.74) is 1.32. The number of furan rings is 1. The lowest BCUT2D eigenvalue weighted by molar-refractivity contribution is -0.142. The molecule has 0 N–H and O–H groups in total. The summed E-state index contributed by atoms with van der Waals surface area (Å²) in [6, 6.07) is 17.4. The molecule has 0 fully saturated rings. The average molecular weight is 597 g/mol. The summed E-state index contributed by atoms with van der Waals surface area (Å²) in [7, 11) is 2.74. The van der Waals surface area contributed by atoms with Crippen molar-refractivity contribution >= 4 is 61.6 Å². The zero-order chi connectivity index (χ0) is 26.8. The second-order valence-electron chi connectivity index (χ2n) is 8.01. The van der Waals surface area contributed by atoms with Crippen molar-refractivity contribution in [1.82, 2.24) is 9.66 Å². The van der Waals surface area contributed by atoms with Gasteiger partial charge in [0, 0.05) is 10.4 Å². The van der Waals surface area contributed by atoms with Gasteiger partial charge in [0.25, 0.3) is 5.56 Å². The van der Waals surface area contributed by atoms with Crippen LogP contribution < -0.4 is 15.0 Å². The average Bonchev–Trinajstić information content (AvgIpc) is 3.34. The van der Waals surface area contributed by atoms with Gasteiger partial charge in [0.2, 0.25) is 5.82 Å². The van der Waals surface area contributed by atoms with Crippen molar-refractivity contribution in [2.24, 2.45) is 5.10 Å². The lowest BCUT2D eigenvalue weighted by Crippen LogP contribution is -2.20. The monoisotopic (exact) mass is 595 g/mol. The van der Waals surface area contributed by atoms with E-state index in [1.54, 1.807) is 60.7 Å². The van der Waals surface area contributed by atoms with Gasteiger partial charge in [0.05, 0.1) is 35.8 Å². The van der Waals surface area contributed by atoms with Crippen LogP contribution in [0.3, 0.4) is 0 Å². The van der Waals surface area contributed by atoms with Crippen molar-refractivity contribution in [3.8, 4) is 23.1 Å². The van der Waals surface area contributed by atoms with Crippen molar-refractivity contribution < 1.29 is 23.4 Å². The van der Waals surface area contributed by atoms with Crippen LogP contribution in [0.25, 0.3) is 33.5 Å². The first-order chi connectivity index (χ1) is 18.4. The number of nitrogens with zero attached hydrogens (tertiary/aromatic N) is 3. The molecule has 0 saturated heterocycles. The highest BCUT2D eigenvalue weighted by Crippen LogP contribution is 2.36. The number of carbonyl (C=O) groups excluding carboxylic acids is 1. The number of hydrogen-bond donors (Lipinski definition) is 0. The second kappa shape index (κ2) is 10.7. The summed E-state index contributed by atoms with van der Waals surface area (Å²) < 4.78 is 23.3. The van der Waals surface area contributed by atoms with Gasteiger partial charge in [-0.15, -0.1) is 0 Å². The smallest absolute Gasteiger partial charge is 0.343 e. The van der Waals surface area contributed by atoms with Crippen molar-refractivity contribution in [3.05, 3.63) is 86.1 Å². The zero-order valence-corrected chi connectivity index (χ0v) is 22.4. The highest BCUT2D eigenvalue weighted by Gasteiger charge is 2.17. The summed E-state index contributed by atoms with van der Waals surface area (Å²) in [6.07, 6.45) is 1.48.